The van der Waals surface area contributed by atoms with E-state index in [1.54, 1.807) is 30.0 Å². The zero-order valence-electron chi connectivity index (χ0n) is 17.0. The van der Waals surface area contributed by atoms with Crippen molar-refractivity contribution >= 4 is 11.9 Å². The lowest BCUT2D eigenvalue weighted by Crippen LogP contribution is -2.39. The average Bonchev–Trinajstić information content (AvgIpc) is 2.75. The highest BCUT2D eigenvalue weighted by Gasteiger charge is 2.28. The molecule has 0 aromatic heterocycles. The molecule has 0 N–H and O–H groups in total. The average molecular weight is 385 g/mol. The SMILES string of the molecule is COC(=O)C(C)CN(C(=O)c1cc(OC)cc(OC)c1)C(C)c1ccccc1. The Morgan fingerprint density at radius 2 is 1.50 bits per heavy atom. The fourth-order valence-corrected chi connectivity index (χ4v) is 3.00. The summed E-state index contributed by atoms with van der Waals surface area (Å²) in [6, 6.07) is 14.5. The summed E-state index contributed by atoms with van der Waals surface area (Å²) in [5, 5.41) is 0. The second kappa shape index (κ2) is 9.78. The maximum absolute atomic E-state index is 13.4. The van der Waals surface area contributed by atoms with Gasteiger partial charge in [0.25, 0.3) is 5.91 Å². The Labute approximate surface area is 166 Å². The topological polar surface area (TPSA) is 65.1 Å². The standard InChI is InChI=1S/C22H27NO5/c1-15(22(25)28-5)14-23(16(2)17-9-7-6-8-10-17)21(24)18-11-19(26-3)13-20(12-18)27-4/h6-13,15-16H,14H2,1-5H3. The van der Waals surface area contributed by atoms with Crippen molar-refractivity contribution in [2.24, 2.45) is 5.92 Å². The van der Waals surface area contributed by atoms with Crippen LogP contribution in [0.1, 0.15) is 35.8 Å². The molecule has 0 heterocycles. The molecule has 0 saturated heterocycles. The van der Waals surface area contributed by atoms with E-state index >= 15 is 0 Å². The molecule has 2 atom stereocenters. The van der Waals surface area contributed by atoms with Crippen molar-refractivity contribution in [2.45, 2.75) is 19.9 Å². The molecule has 0 radical (unpaired) electrons. The van der Waals surface area contributed by atoms with Gasteiger partial charge in [-0.15, -0.1) is 0 Å². The zero-order valence-corrected chi connectivity index (χ0v) is 17.0. The predicted molar refractivity (Wildman–Crippen MR) is 107 cm³/mol. The lowest BCUT2D eigenvalue weighted by Gasteiger charge is -2.31. The van der Waals surface area contributed by atoms with E-state index in [0.717, 1.165) is 5.56 Å². The second-order valence-corrected chi connectivity index (χ2v) is 6.57. The molecular formula is C22H27NO5. The van der Waals surface area contributed by atoms with Gasteiger partial charge in [0, 0.05) is 18.2 Å². The van der Waals surface area contributed by atoms with Gasteiger partial charge in [0.15, 0.2) is 0 Å². The van der Waals surface area contributed by atoms with Crippen LogP contribution in [0.25, 0.3) is 0 Å². The molecule has 0 saturated carbocycles. The molecule has 6 nitrogen and oxygen atoms in total. The highest BCUT2D eigenvalue weighted by Crippen LogP contribution is 2.28. The van der Waals surface area contributed by atoms with Gasteiger partial charge in [-0.1, -0.05) is 37.3 Å². The van der Waals surface area contributed by atoms with Crippen molar-refractivity contribution in [2.75, 3.05) is 27.9 Å². The Morgan fingerprint density at radius 3 is 2.00 bits per heavy atom. The fraction of sp³-hybridized carbons (Fsp3) is 0.364. The molecule has 150 valence electrons. The Bertz CT molecular complexity index is 784. The number of esters is 1. The number of benzene rings is 2. The molecule has 0 aliphatic carbocycles. The summed E-state index contributed by atoms with van der Waals surface area (Å²) in [6.45, 7) is 3.91. The van der Waals surface area contributed by atoms with Crippen LogP contribution in [0, 0.1) is 5.92 Å². The quantitative estimate of drug-likeness (QED) is 0.648. The minimum absolute atomic E-state index is 0.218. The van der Waals surface area contributed by atoms with Crippen LogP contribution in [0.3, 0.4) is 0 Å². The van der Waals surface area contributed by atoms with Crippen molar-refractivity contribution in [3.63, 3.8) is 0 Å². The molecule has 2 aromatic rings. The van der Waals surface area contributed by atoms with Gasteiger partial charge in [-0.2, -0.15) is 0 Å². The van der Waals surface area contributed by atoms with Gasteiger partial charge >= 0.3 is 5.97 Å². The van der Waals surface area contributed by atoms with Crippen LogP contribution in [0.2, 0.25) is 0 Å². The molecule has 2 aromatic carbocycles. The molecule has 2 rings (SSSR count). The van der Waals surface area contributed by atoms with E-state index in [1.165, 1.54) is 21.3 Å². The van der Waals surface area contributed by atoms with Crippen molar-refractivity contribution in [3.8, 4) is 11.5 Å². The molecule has 0 bridgehead atoms. The molecule has 0 aliphatic heterocycles. The van der Waals surface area contributed by atoms with Crippen molar-refractivity contribution in [3.05, 3.63) is 59.7 Å². The van der Waals surface area contributed by atoms with E-state index < -0.39 is 5.92 Å². The van der Waals surface area contributed by atoms with Gasteiger partial charge in [-0.25, -0.2) is 0 Å². The number of hydrogen-bond donors (Lipinski definition) is 0. The van der Waals surface area contributed by atoms with E-state index in [4.69, 9.17) is 14.2 Å². The third-order valence-corrected chi connectivity index (χ3v) is 4.68. The van der Waals surface area contributed by atoms with E-state index in [0.29, 0.717) is 17.1 Å². The van der Waals surface area contributed by atoms with Gasteiger partial charge < -0.3 is 19.1 Å². The number of nitrogens with zero attached hydrogens (tertiary/aromatic N) is 1. The number of carbonyl (C=O) groups excluding carboxylic acids is 2. The maximum atomic E-state index is 13.4. The highest BCUT2D eigenvalue weighted by atomic mass is 16.5. The van der Waals surface area contributed by atoms with E-state index in [2.05, 4.69) is 0 Å². The Kier molecular flexibility index (Phi) is 7.44. The minimum Gasteiger partial charge on any atom is -0.497 e. The molecule has 0 fully saturated rings. The highest BCUT2D eigenvalue weighted by molar-refractivity contribution is 5.95. The van der Waals surface area contributed by atoms with Crippen LogP contribution in [-0.2, 0) is 9.53 Å². The summed E-state index contributed by atoms with van der Waals surface area (Å²) in [5.41, 5.74) is 1.40. The third-order valence-electron chi connectivity index (χ3n) is 4.68. The van der Waals surface area contributed by atoms with Gasteiger partial charge in [0.1, 0.15) is 11.5 Å². The van der Waals surface area contributed by atoms with Gasteiger partial charge in [0.05, 0.1) is 33.3 Å². The van der Waals surface area contributed by atoms with E-state index in [9.17, 15) is 9.59 Å². The predicted octanol–water partition coefficient (Wildman–Crippen LogP) is 3.72. The molecular weight excluding hydrogens is 358 g/mol. The molecule has 0 aliphatic rings. The number of carbonyl (C=O) groups is 2. The van der Waals surface area contributed by atoms with Crippen LogP contribution in [0.15, 0.2) is 48.5 Å². The third kappa shape index (κ3) is 5.03. The summed E-state index contributed by atoms with van der Waals surface area (Å²) >= 11 is 0. The Balaban J connectivity index is 2.42. The number of ether oxygens (including phenoxy) is 3. The van der Waals surface area contributed by atoms with Crippen LogP contribution in [0.5, 0.6) is 11.5 Å². The summed E-state index contributed by atoms with van der Waals surface area (Å²) in [4.78, 5) is 27.0. The first kappa shape index (κ1) is 21.3. The largest absolute Gasteiger partial charge is 0.497 e. The smallest absolute Gasteiger partial charge is 0.310 e. The normalized spacial score (nSPS) is 12.6. The molecule has 2 unspecified atom stereocenters. The number of hydrogen-bond acceptors (Lipinski definition) is 5. The second-order valence-electron chi connectivity index (χ2n) is 6.57. The maximum Gasteiger partial charge on any atom is 0.310 e. The summed E-state index contributed by atoms with van der Waals surface area (Å²) in [6.07, 6.45) is 0. The minimum atomic E-state index is -0.465. The fourth-order valence-electron chi connectivity index (χ4n) is 3.00. The number of amides is 1. The first-order valence-electron chi connectivity index (χ1n) is 9.08. The lowest BCUT2D eigenvalue weighted by atomic mass is 10.0. The Morgan fingerprint density at radius 1 is 0.929 bits per heavy atom. The van der Waals surface area contributed by atoms with Crippen molar-refractivity contribution < 1.29 is 23.8 Å². The van der Waals surface area contributed by atoms with E-state index in [-0.39, 0.29) is 24.5 Å². The number of rotatable bonds is 8. The lowest BCUT2D eigenvalue weighted by molar-refractivity contribution is -0.145. The van der Waals surface area contributed by atoms with Crippen LogP contribution in [0.4, 0.5) is 0 Å². The molecule has 1 amide bonds. The first-order chi connectivity index (χ1) is 13.4. The van der Waals surface area contributed by atoms with Gasteiger partial charge in [-0.3, -0.25) is 9.59 Å². The summed E-state index contributed by atoms with van der Waals surface area (Å²) in [5.74, 6) is 0.00488. The molecule has 0 spiro atoms. The van der Waals surface area contributed by atoms with Crippen LogP contribution >= 0.6 is 0 Å². The van der Waals surface area contributed by atoms with E-state index in [1.807, 2.05) is 37.3 Å². The summed E-state index contributed by atoms with van der Waals surface area (Å²) < 4.78 is 15.4. The van der Waals surface area contributed by atoms with Crippen LogP contribution in [-0.4, -0.2) is 44.7 Å². The molecule has 6 heteroatoms. The van der Waals surface area contributed by atoms with Gasteiger partial charge in [0.2, 0.25) is 0 Å². The van der Waals surface area contributed by atoms with Gasteiger partial charge in [-0.05, 0) is 24.6 Å². The monoisotopic (exact) mass is 385 g/mol. The van der Waals surface area contributed by atoms with Crippen molar-refractivity contribution in [1.29, 1.82) is 0 Å². The molecule has 28 heavy (non-hydrogen) atoms. The Hall–Kier alpha value is -3.02. The van der Waals surface area contributed by atoms with Crippen molar-refractivity contribution in [1.82, 2.24) is 4.90 Å². The summed E-state index contributed by atoms with van der Waals surface area (Å²) in [7, 11) is 4.41. The van der Waals surface area contributed by atoms with Crippen LogP contribution < -0.4 is 9.47 Å². The first-order valence-corrected chi connectivity index (χ1v) is 9.08. The number of methoxy groups -OCH3 is 3. The zero-order chi connectivity index (χ0) is 20.7.